The third kappa shape index (κ3) is 5.77. The Morgan fingerprint density at radius 1 is 1.17 bits per heavy atom. The first kappa shape index (κ1) is 14.6. The van der Waals surface area contributed by atoms with E-state index < -0.39 is 6.36 Å². The van der Waals surface area contributed by atoms with Crippen molar-refractivity contribution in [3.63, 3.8) is 0 Å². The Hall–Kier alpha value is -1.43. The quantitative estimate of drug-likeness (QED) is 0.856. The van der Waals surface area contributed by atoms with Crippen LogP contribution in [0.2, 0.25) is 0 Å². The topological polar surface area (TPSA) is 30.5 Å². The molecule has 0 spiro atoms. The third-order valence-corrected chi connectivity index (χ3v) is 2.14. The maximum Gasteiger partial charge on any atom is 0.573 e. The van der Waals surface area contributed by atoms with Gasteiger partial charge >= 0.3 is 6.36 Å². The van der Waals surface area contributed by atoms with Gasteiger partial charge in [0.1, 0.15) is 11.5 Å². The molecular weight excluding hydrogens is 247 g/mol. The van der Waals surface area contributed by atoms with Crippen LogP contribution < -0.4 is 14.8 Å². The van der Waals surface area contributed by atoms with Crippen molar-refractivity contribution in [1.82, 2.24) is 5.32 Å². The standard InChI is InChI=1S/C12H16F3NO2/c1-9(7-16-2)8-17-10-3-5-11(6-4-10)18-12(13,14)15/h3-6,9,16H,7-8H2,1-2H3. The zero-order valence-electron chi connectivity index (χ0n) is 10.3. The van der Waals surface area contributed by atoms with Gasteiger partial charge in [0.05, 0.1) is 6.61 Å². The molecule has 1 rings (SSSR count). The molecule has 1 N–H and O–H groups in total. The minimum absolute atomic E-state index is 0.252. The van der Waals surface area contributed by atoms with Gasteiger partial charge in [0.2, 0.25) is 0 Å². The molecule has 0 bridgehead atoms. The van der Waals surface area contributed by atoms with E-state index in [-0.39, 0.29) is 5.75 Å². The first-order chi connectivity index (χ1) is 8.40. The Morgan fingerprint density at radius 2 is 1.72 bits per heavy atom. The Labute approximate surface area is 104 Å². The molecule has 0 fully saturated rings. The van der Waals surface area contributed by atoms with Gasteiger partial charge in [-0.15, -0.1) is 13.2 Å². The number of hydrogen-bond donors (Lipinski definition) is 1. The van der Waals surface area contributed by atoms with Gasteiger partial charge in [-0.2, -0.15) is 0 Å². The van der Waals surface area contributed by atoms with Gasteiger partial charge in [0.25, 0.3) is 0 Å². The number of benzene rings is 1. The van der Waals surface area contributed by atoms with Gasteiger partial charge in [-0.05, 0) is 31.3 Å². The molecule has 0 heterocycles. The molecule has 0 saturated heterocycles. The molecule has 0 aromatic heterocycles. The lowest BCUT2D eigenvalue weighted by atomic mass is 10.2. The number of rotatable bonds is 6. The molecule has 1 unspecified atom stereocenters. The molecule has 102 valence electrons. The maximum atomic E-state index is 11.9. The lowest BCUT2D eigenvalue weighted by Crippen LogP contribution is -2.21. The minimum Gasteiger partial charge on any atom is -0.493 e. The van der Waals surface area contributed by atoms with Crippen molar-refractivity contribution in [2.24, 2.45) is 5.92 Å². The van der Waals surface area contributed by atoms with Crippen molar-refractivity contribution in [1.29, 1.82) is 0 Å². The Balaban J connectivity index is 2.45. The Kier molecular flexibility index (Phi) is 5.27. The maximum absolute atomic E-state index is 11.9. The van der Waals surface area contributed by atoms with Crippen LogP contribution in [0.3, 0.4) is 0 Å². The van der Waals surface area contributed by atoms with Crippen LogP contribution in [-0.2, 0) is 0 Å². The number of nitrogens with one attached hydrogen (secondary N) is 1. The number of alkyl halides is 3. The van der Waals surface area contributed by atoms with E-state index in [2.05, 4.69) is 10.1 Å². The van der Waals surface area contributed by atoms with Gasteiger partial charge in [-0.3, -0.25) is 0 Å². The highest BCUT2D eigenvalue weighted by atomic mass is 19.4. The highest BCUT2D eigenvalue weighted by Crippen LogP contribution is 2.24. The lowest BCUT2D eigenvalue weighted by Gasteiger charge is -2.13. The molecule has 0 aliphatic carbocycles. The summed E-state index contributed by atoms with van der Waals surface area (Å²) in [4.78, 5) is 0. The second-order valence-corrected chi connectivity index (χ2v) is 3.99. The van der Waals surface area contributed by atoms with Gasteiger partial charge in [0, 0.05) is 12.5 Å². The van der Waals surface area contributed by atoms with Gasteiger partial charge in [-0.25, -0.2) is 0 Å². The molecule has 0 radical (unpaired) electrons. The highest BCUT2D eigenvalue weighted by Gasteiger charge is 2.30. The molecule has 1 aromatic carbocycles. The van der Waals surface area contributed by atoms with Gasteiger partial charge < -0.3 is 14.8 Å². The summed E-state index contributed by atoms with van der Waals surface area (Å²) in [7, 11) is 1.85. The van der Waals surface area contributed by atoms with Crippen LogP contribution in [0.1, 0.15) is 6.92 Å². The molecule has 0 aliphatic heterocycles. The Morgan fingerprint density at radius 3 is 2.22 bits per heavy atom. The zero-order chi connectivity index (χ0) is 13.6. The molecule has 1 atom stereocenters. The third-order valence-electron chi connectivity index (χ3n) is 2.14. The van der Waals surface area contributed by atoms with Crippen molar-refractivity contribution in [2.75, 3.05) is 20.2 Å². The molecule has 1 aromatic rings. The molecule has 3 nitrogen and oxygen atoms in total. The van der Waals surface area contributed by atoms with Crippen LogP contribution in [0.5, 0.6) is 11.5 Å². The van der Waals surface area contributed by atoms with E-state index in [0.717, 1.165) is 6.54 Å². The molecule has 0 saturated carbocycles. The van der Waals surface area contributed by atoms with Gasteiger partial charge in [0.15, 0.2) is 0 Å². The van der Waals surface area contributed by atoms with Crippen LogP contribution in [0.4, 0.5) is 13.2 Å². The van der Waals surface area contributed by atoms with Crippen molar-refractivity contribution >= 4 is 0 Å². The number of hydrogen-bond acceptors (Lipinski definition) is 3. The highest BCUT2D eigenvalue weighted by molar-refractivity contribution is 5.31. The largest absolute Gasteiger partial charge is 0.573 e. The van der Waals surface area contributed by atoms with Crippen molar-refractivity contribution < 1.29 is 22.6 Å². The summed E-state index contributed by atoms with van der Waals surface area (Å²) in [5, 5.41) is 3.01. The average Bonchev–Trinajstić information content (AvgIpc) is 2.26. The smallest absolute Gasteiger partial charge is 0.493 e. The van der Waals surface area contributed by atoms with Crippen LogP contribution in [0, 0.1) is 5.92 Å². The minimum atomic E-state index is -4.66. The van der Waals surface area contributed by atoms with Crippen LogP contribution in [0.15, 0.2) is 24.3 Å². The lowest BCUT2D eigenvalue weighted by molar-refractivity contribution is -0.274. The summed E-state index contributed by atoms with van der Waals surface area (Å²) >= 11 is 0. The summed E-state index contributed by atoms with van der Waals surface area (Å²) in [5.74, 6) is 0.590. The first-order valence-corrected chi connectivity index (χ1v) is 5.54. The molecule has 0 amide bonds. The van der Waals surface area contributed by atoms with E-state index in [9.17, 15) is 13.2 Å². The number of halogens is 3. The van der Waals surface area contributed by atoms with E-state index in [4.69, 9.17) is 4.74 Å². The summed E-state index contributed by atoms with van der Waals surface area (Å²) in [6.45, 7) is 3.33. The van der Waals surface area contributed by atoms with Crippen molar-refractivity contribution in [2.45, 2.75) is 13.3 Å². The van der Waals surface area contributed by atoms with Crippen LogP contribution >= 0.6 is 0 Å². The average molecular weight is 263 g/mol. The van der Waals surface area contributed by atoms with E-state index in [0.29, 0.717) is 18.3 Å². The van der Waals surface area contributed by atoms with Crippen molar-refractivity contribution in [3.05, 3.63) is 24.3 Å². The molecule has 0 aliphatic rings. The summed E-state index contributed by atoms with van der Waals surface area (Å²) in [6, 6.07) is 5.36. The fourth-order valence-corrected chi connectivity index (χ4v) is 1.38. The summed E-state index contributed by atoms with van der Waals surface area (Å²) in [5.41, 5.74) is 0. The van der Waals surface area contributed by atoms with Crippen molar-refractivity contribution in [3.8, 4) is 11.5 Å². The van der Waals surface area contributed by atoms with E-state index in [1.165, 1.54) is 24.3 Å². The van der Waals surface area contributed by atoms with Crippen LogP contribution in [0.25, 0.3) is 0 Å². The molecule has 6 heteroatoms. The zero-order valence-corrected chi connectivity index (χ0v) is 10.3. The monoisotopic (exact) mass is 263 g/mol. The van der Waals surface area contributed by atoms with Gasteiger partial charge in [-0.1, -0.05) is 6.92 Å². The SMILES string of the molecule is CNCC(C)COc1ccc(OC(F)(F)F)cc1. The molecule has 18 heavy (non-hydrogen) atoms. The predicted octanol–water partition coefficient (Wildman–Crippen LogP) is 2.82. The van der Waals surface area contributed by atoms with E-state index >= 15 is 0 Å². The molecular formula is C12H16F3NO2. The predicted molar refractivity (Wildman–Crippen MR) is 61.7 cm³/mol. The first-order valence-electron chi connectivity index (χ1n) is 5.54. The fourth-order valence-electron chi connectivity index (χ4n) is 1.38. The van der Waals surface area contributed by atoms with E-state index in [1.54, 1.807) is 0 Å². The second-order valence-electron chi connectivity index (χ2n) is 3.99. The summed E-state index contributed by atoms with van der Waals surface area (Å²) < 4.78 is 44.9. The summed E-state index contributed by atoms with van der Waals surface area (Å²) in [6.07, 6.45) is -4.66. The van der Waals surface area contributed by atoms with Crippen LogP contribution in [-0.4, -0.2) is 26.6 Å². The second kappa shape index (κ2) is 6.49. The number of ether oxygens (including phenoxy) is 2. The normalized spacial score (nSPS) is 13.2. The fraction of sp³-hybridized carbons (Fsp3) is 0.500. The Bertz CT molecular complexity index is 351. The van der Waals surface area contributed by atoms with E-state index in [1.807, 2.05) is 14.0 Å².